The molecule has 28 heavy (non-hydrogen) atoms. The normalized spacial score (nSPS) is 16.7. The smallest absolute Gasteiger partial charge is 0.406 e. The maximum Gasteiger partial charge on any atom is 0.406 e. The maximum atomic E-state index is 12.8. The largest absolute Gasteiger partial charge is 0.490 e. The summed E-state index contributed by atoms with van der Waals surface area (Å²) in [5, 5.41) is 8.57. The molecule has 1 saturated heterocycles. The molecule has 0 saturated carbocycles. The molecule has 1 aliphatic heterocycles. The van der Waals surface area contributed by atoms with Gasteiger partial charge in [0.15, 0.2) is 0 Å². The van der Waals surface area contributed by atoms with Gasteiger partial charge in [-0.1, -0.05) is 11.3 Å². The standard InChI is InChI=1S/C19H22F3N5O/c1-25-14(11-23-24-25)12-26-8-5-15(6-9-26)28-18-4-2-3-17-16(18)7-10-27(17)13-19(20,21)22/h2-4,7,10-11,15H,5-6,8-9,12-13H2,1H3. The van der Waals surface area contributed by atoms with Gasteiger partial charge in [0.2, 0.25) is 0 Å². The monoisotopic (exact) mass is 393 g/mol. The molecule has 0 bridgehead atoms. The minimum Gasteiger partial charge on any atom is -0.490 e. The zero-order valence-electron chi connectivity index (χ0n) is 15.6. The predicted octanol–water partition coefficient (Wildman–Crippen LogP) is 3.38. The van der Waals surface area contributed by atoms with E-state index < -0.39 is 12.7 Å². The van der Waals surface area contributed by atoms with E-state index >= 15 is 0 Å². The van der Waals surface area contributed by atoms with E-state index in [2.05, 4.69) is 15.2 Å². The van der Waals surface area contributed by atoms with Gasteiger partial charge in [-0.25, -0.2) is 0 Å². The third-order valence-corrected chi connectivity index (χ3v) is 5.15. The minimum atomic E-state index is -4.25. The molecule has 0 aliphatic carbocycles. The molecule has 2 aromatic heterocycles. The Bertz CT molecular complexity index is 941. The van der Waals surface area contributed by atoms with Crippen molar-refractivity contribution < 1.29 is 17.9 Å². The number of fused-ring (bicyclic) bond motifs is 1. The Morgan fingerprint density at radius 3 is 2.64 bits per heavy atom. The zero-order chi connectivity index (χ0) is 19.7. The summed E-state index contributed by atoms with van der Waals surface area (Å²) in [6, 6.07) is 6.96. The van der Waals surface area contributed by atoms with Crippen molar-refractivity contribution in [2.45, 2.75) is 38.2 Å². The number of halogens is 3. The lowest BCUT2D eigenvalue weighted by Gasteiger charge is -2.32. The number of ether oxygens (including phenoxy) is 1. The van der Waals surface area contributed by atoms with Crippen LogP contribution in [0.15, 0.2) is 36.7 Å². The van der Waals surface area contributed by atoms with Gasteiger partial charge in [0, 0.05) is 38.3 Å². The van der Waals surface area contributed by atoms with E-state index in [9.17, 15) is 13.2 Å². The molecule has 0 N–H and O–H groups in total. The average Bonchev–Trinajstić information content (AvgIpc) is 3.23. The Hall–Kier alpha value is -2.55. The van der Waals surface area contributed by atoms with Crippen LogP contribution in [0.5, 0.6) is 5.75 Å². The summed E-state index contributed by atoms with van der Waals surface area (Å²) in [6.45, 7) is 1.58. The van der Waals surface area contributed by atoms with Gasteiger partial charge in [0.25, 0.3) is 0 Å². The molecule has 0 unspecified atom stereocenters. The van der Waals surface area contributed by atoms with Gasteiger partial charge in [-0.2, -0.15) is 13.2 Å². The fourth-order valence-electron chi connectivity index (χ4n) is 3.68. The molecule has 3 heterocycles. The van der Waals surface area contributed by atoms with Crippen molar-refractivity contribution in [3.8, 4) is 5.75 Å². The number of nitrogens with zero attached hydrogens (tertiary/aromatic N) is 5. The van der Waals surface area contributed by atoms with Gasteiger partial charge in [-0.15, -0.1) is 5.10 Å². The van der Waals surface area contributed by atoms with Crippen LogP contribution in [-0.4, -0.2) is 49.8 Å². The summed E-state index contributed by atoms with van der Waals surface area (Å²) < 4.78 is 47.4. The number of hydrogen-bond donors (Lipinski definition) is 0. The van der Waals surface area contributed by atoms with Gasteiger partial charge in [-0.05, 0) is 31.0 Å². The van der Waals surface area contributed by atoms with E-state index in [1.807, 2.05) is 13.1 Å². The Balaban J connectivity index is 1.40. The number of benzene rings is 1. The lowest BCUT2D eigenvalue weighted by molar-refractivity contribution is -0.139. The van der Waals surface area contributed by atoms with E-state index in [0.717, 1.165) is 43.6 Å². The Morgan fingerprint density at radius 1 is 1.18 bits per heavy atom. The number of likely N-dealkylation sites (tertiary alicyclic amines) is 1. The molecule has 1 aliphatic rings. The highest BCUT2D eigenvalue weighted by Gasteiger charge is 2.29. The fraction of sp³-hybridized carbons (Fsp3) is 0.474. The van der Waals surface area contributed by atoms with Gasteiger partial charge in [0.05, 0.1) is 17.4 Å². The molecule has 4 rings (SSSR count). The summed E-state index contributed by atoms with van der Waals surface area (Å²) in [5.74, 6) is 0.646. The number of rotatable bonds is 5. The lowest BCUT2D eigenvalue weighted by Crippen LogP contribution is -2.38. The maximum absolute atomic E-state index is 12.8. The van der Waals surface area contributed by atoms with Crippen LogP contribution in [0.25, 0.3) is 10.9 Å². The summed E-state index contributed by atoms with van der Waals surface area (Å²) in [4.78, 5) is 2.33. The van der Waals surface area contributed by atoms with Crippen molar-refractivity contribution >= 4 is 10.9 Å². The summed E-state index contributed by atoms with van der Waals surface area (Å²) in [7, 11) is 1.88. The summed E-state index contributed by atoms with van der Waals surface area (Å²) in [6.07, 6.45) is 0.775. The summed E-state index contributed by atoms with van der Waals surface area (Å²) in [5.41, 5.74) is 1.60. The molecule has 0 radical (unpaired) electrons. The molecule has 1 fully saturated rings. The highest BCUT2D eigenvalue weighted by Crippen LogP contribution is 2.31. The van der Waals surface area contributed by atoms with Crippen molar-refractivity contribution in [2.75, 3.05) is 13.1 Å². The van der Waals surface area contributed by atoms with E-state index in [4.69, 9.17) is 4.74 Å². The molecule has 0 spiro atoms. The molecule has 0 atom stereocenters. The SMILES string of the molecule is Cn1nncc1CN1CCC(Oc2cccc3c2ccn3CC(F)(F)F)CC1. The number of alkyl halides is 3. The molecular formula is C19H22F3N5O. The van der Waals surface area contributed by atoms with Crippen LogP contribution < -0.4 is 4.74 Å². The highest BCUT2D eigenvalue weighted by atomic mass is 19.4. The predicted molar refractivity (Wildman–Crippen MR) is 97.9 cm³/mol. The highest BCUT2D eigenvalue weighted by molar-refractivity contribution is 5.86. The Morgan fingerprint density at radius 2 is 1.96 bits per heavy atom. The van der Waals surface area contributed by atoms with Crippen LogP contribution in [0.3, 0.4) is 0 Å². The van der Waals surface area contributed by atoms with Gasteiger partial charge in [0.1, 0.15) is 18.4 Å². The molecule has 150 valence electrons. The first-order valence-corrected chi connectivity index (χ1v) is 9.26. The minimum absolute atomic E-state index is 0.0532. The van der Waals surface area contributed by atoms with Gasteiger partial charge >= 0.3 is 6.18 Å². The van der Waals surface area contributed by atoms with Crippen molar-refractivity contribution in [3.63, 3.8) is 0 Å². The molecule has 0 amide bonds. The molecule has 9 heteroatoms. The van der Waals surface area contributed by atoms with Crippen molar-refractivity contribution in [1.29, 1.82) is 0 Å². The van der Waals surface area contributed by atoms with Crippen LogP contribution in [-0.2, 0) is 20.1 Å². The second-order valence-electron chi connectivity index (χ2n) is 7.19. The van der Waals surface area contributed by atoms with E-state index in [0.29, 0.717) is 11.3 Å². The quantitative estimate of drug-likeness (QED) is 0.667. The third-order valence-electron chi connectivity index (χ3n) is 5.15. The van der Waals surface area contributed by atoms with Crippen LogP contribution >= 0.6 is 0 Å². The Kier molecular flexibility index (Phi) is 5.01. The second kappa shape index (κ2) is 7.46. The first kappa shape index (κ1) is 18.8. The molecule has 6 nitrogen and oxygen atoms in total. The molecule has 1 aromatic carbocycles. The molecule has 3 aromatic rings. The van der Waals surface area contributed by atoms with Crippen molar-refractivity contribution in [2.24, 2.45) is 7.05 Å². The lowest BCUT2D eigenvalue weighted by atomic mass is 10.1. The van der Waals surface area contributed by atoms with Gasteiger partial charge in [-0.3, -0.25) is 9.58 Å². The first-order valence-electron chi connectivity index (χ1n) is 9.26. The Labute approximate surface area is 160 Å². The van der Waals surface area contributed by atoms with E-state index in [1.165, 1.54) is 10.8 Å². The zero-order valence-corrected chi connectivity index (χ0v) is 15.6. The third kappa shape index (κ3) is 4.14. The van der Waals surface area contributed by atoms with Crippen molar-refractivity contribution in [3.05, 3.63) is 42.4 Å². The van der Waals surface area contributed by atoms with Gasteiger partial charge < -0.3 is 9.30 Å². The fourth-order valence-corrected chi connectivity index (χ4v) is 3.68. The first-order chi connectivity index (χ1) is 13.4. The van der Waals surface area contributed by atoms with Crippen molar-refractivity contribution in [1.82, 2.24) is 24.5 Å². The van der Waals surface area contributed by atoms with Crippen LogP contribution in [0.4, 0.5) is 13.2 Å². The average molecular weight is 393 g/mol. The van der Waals surface area contributed by atoms with E-state index in [1.54, 1.807) is 29.1 Å². The van der Waals surface area contributed by atoms with E-state index in [-0.39, 0.29) is 6.10 Å². The number of hydrogen-bond acceptors (Lipinski definition) is 4. The number of piperidine rings is 1. The number of aromatic nitrogens is 4. The van der Waals surface area contributed by atoms with Crippen LogP contribution in [0.1, 0.15) is 18.5 Å². The van der Waals surface area contributed by atoms with Crippen LogP contribution in [0.2, 0.25) is 0 Å². The molecular weight excluding hydrogens is 371 g/mol. The summed E-state index contributed by atoms with van der Waals surface area (Å²) >= 11 is 0. The topological polar surface area (TPSA) is 48.1 Å². The van der Waals surface area contributed by atoms with Crippen LogP contribution in [0, 0.1) is 0 Å². The number of aryl methyl sites for hydroxylation is 1. The second-order valence-corrected chi connectivity index (χ2v) is 7.19.